The van der Waals surface area contributed by atoms with Gasteiger partial charge in [0.1, 0.15) is 11.2 Å². The number of carbonyl (C=O) groups excluding carboxylic acids is 1. The lowest BCUT2D eigenvalue weighted by atomic mass is 9.92. The molecule has 0 aliphatic heterocycles. The van der Waals surface area contributed by atoms with Crippen LogP contribution >= 0.6 is 0 Å². The molecule has 30 heavy (non-hydrogen) atoms. The van der Waals surface area contributed by atoms with Crippen molar-refractivity contribution < 1.29 is 13.9 Å². The van der Waals surface area contributed by atoms with Crippen molar-refractivity contribution in [2.24, 2.45) is 0 Å². The van der Waals surface area contributed by atoms with Crippen molar-refractivity contribution in [3.05, 3.63) is 83.7 Å². The number of hydrogen-bond acceptors (Lipinski definition) is 5. The molecule has 0 saturated heterocycles. The smallest absolute Gasteiger partial charge is 0.338 e. The number of hydrogen-bond donors (Lipinski definition) is 2. The van der Waals surface area contributed by atoms with E-state index in [2.05, 4.69) is 0 Å². The minimum absolute atomic E-state index is 0.373. The number of nitrogens with two attached hydrogens (primary N) is 1. The van der Waals surface area contributed by atoms with Crippen molar-refractivity contribution in [1.29, 1.82) is 5.41 Å². The van der Waals surface area contributed by atoms with Crippen LogP contribution < -0.4 is 11.1 Å². The van der Waals surface area contributed by atoms with Crippen molar-refractivity contribution in [1.82, 2.24) is 0 Å². The van der Waals surface area contributed by atoms with Crippen LogP contribution in [0.15, 0.2) is 77.2 Å². The van der Waals surface area contributed by atoms with Gasteiger partial charge in [-0.1, -0.05) is 36.4 Å². The average Bonchev–Trinajstić information content (AvgIpc) is 2.76. The number of rotatable bonds is 2. The third-order valence-electron chi connectivity index (χ3n) is 5.36. The second kappa shape index (κ2) is 6.74. The van der Waals surface area contributed by atoms with Crippen LogP contribution in [0.25, 0.3) is 43.8 Å². The Morgan fingerprint density at radius 1 is 0.967 bits per heavy atom. The molecule has 0 bridgehead atoms. The van der Waals surface area contributed by atoms with E-state index in [4.69, 9.17) is 20.3 Å². The van der Waals surface area contributed by atoms with Gasteiger partial charge in [-0.3, -0.25) is 0 Å². The van der Waals surface area contributed by atoms with Gasteiger partial charge < -0.3 is 20.3 Å². The van der Waals surface area contributed by atoms with E-state index in [-0.39, 0.29) is 0 Å². The zero-order chi connectivity index (χ0) is 20.8. The normalized spacial score (nSPS) is 11.2. The van der Waals surface area contributed by atoms with Crippen LogP contribution in [0.3, 0.4) is 0 Å². The number of nitrogen functional groups attached to an aromatic ring is 1. The Bertz CT molecular complexity index is 1530. The highest BCUT2D eigenvalue weighted by atomic mass is 16.5. The Hall–Kier alpha value is -4.12. The topological polar surface area (TPSA) is 89.3 Å². The summed E-state index contributed by atoms with van der Waals surface area (Å²) in [5.41, 5.74) is 9.83. The van der Waals surface area contributed by atoms with Gasteiger partial charge in [-0.05, 0) is 41.3 Å². The first-order chi connectivity index (χ1) is 14.6. The summed E-state index contributed by atoms with van der Waals surface area (Å²) in [7, 11) is 1.37. The first-order valence-electron chi connectivity index (χ1n) is 9.48. The Morgan fingerprint density at radius 3 is 2.60 bits per heavy atom. The predicted octanol–water partition coefficient (Wildman–Crippen LogP) is 5.25. The van der Waals surface area contributed by atoms with Gasteiger partial charge in [0, 0.05) is 28.1 Å². The molecule has 3 N–H and O–H groups in total. The third kappa shape index (κ3) is 2.63. The molecule has 5 rings (SSSR count). The van der Waals surface area contributed by atoms with E-state index in [9.17, 15) is 4.79 Å². The monoisotopic (exact) mass is 394 g/mol. The number of benzene rings is 4. The molecule has 0 aliphatic rings. The lowest BCUT2D eigenvalue weighted by Crippen LogP contribution is -2.04. The van der Waals surface area contributed by atoms with Crippen LogP contribution in [0, 0.1) is 5.41 Å². The molecule has 146 valence electrons. The minimum Gasteiger partial charge on any atom is -0.465 e. The molecule has 0 saturated carbocycles. The number of methoxy groups -OCH3 is 1. The molecule has 0 aliphatic carbocycles. The summed E-state index contributed by atoms with van der Waals surface area (Å²) < 4.78 is 11.3. The minimum atomic E-state index is -0.412. The van der Waals surface area contributed by atoms with Crippen molar-refractivity contribution >= 4 is 44.4 Å². The standard InChI is InChI=1S/C25H18N2O3/c1-29-25(28)17-7-3-2-6-16(17)23-18-12-10-15(26)13-21(18)30-24-19(23)11-9-14-5-4-8-20(27)22(14)24/h2-13,27H,26H2,1H3. The van der Waals surface area contributed by atoms with Gasteiger partial charge in [0.15, 0.2) is 0 Å². The molecule has 5 heteroatoms. The molecule has 0 fully saturated rings. The third-order valence-corrected chi connectivity index (χ3v) is 5.36. The fraction of sp³-hybridized carbons (Fsp3) is 0.0400. The van der Waals surface area contributed by atoms with Gasteiger partial charge in [0.25, 0.3) is 0 Å². The van der Waals surface area contributed by atoms with E-state index < -0.39 is 5.97 Å². The molecule has 0 atom stereocenters. The summed E-state index contributed by atoms with van der Waals surface area (Å²) in [5, 5.41) is 12.1. The maximum atomic E-state index is 12.5. The van der Waals surface area contributed by atoms with Gasteiger partial charge in [-0.15, -0.1) is 0 Å². The second-order valence-electron chi connectivity index (χ2n) is 7.12. The molecular weight excluding hydrogens is 376 g/mol. The van der Waals surface area contributed by atoms with Crippen molar-refractivity contribution in [3.8, 4) is 11.1 Å². The molecule has 4 aromatic carbocycles. The largest absolute Gasteiger partial charge is 0.465 e. The summed E-state index contributed by atoms with van der Waals surface area (Å²) in [4.78, 5) is 12.5. The number of anilines is 1. The average molecular weight is 394 g/mol. The zero-order valence-electron chi connectivity index (χ0n) is 16.2. The molecule has 0 radical (unpaired) electrons. The molecule has 0 spiro atoms. The van der Waals surface area contributed by atoms with E-state index >= 15 is 0 Å². The highest BCUT2D eigenvalue weighted by Gasteiger charge is 2.20. The second-order valence-corrected chi connectivity index (χ2v) is 7.12. The van der Waals surface area contributed by atoms with Gasteiger partial charge >= 0.3 is 5.97 Å². The van der Waals surface area contributed by atoms with Crippen LogP contribution in [0.1, 0.15) is 10.4 Å². The lowest BCUT2D eigenvalue weighted by Gasteiger charge is -2.15. The summed E-state index contributed by atoms with van der Waals surface area (Å²) in [5.74, 6) is -0.412. The molecule has 5 nitrogen and oxygen atoms in total. The molecular formula is C25H18N2O3. The molecule has 0 amide bonds. The highest BCUT2D eigenvalue weighted by molar-refractivity contribution is 6.17. The van der Waals surface area contributed by atoms with E-state index in [1.807, 2.05) is 54.6 Å². The highest BCUT2D eigenvalue weighted by Crippen LogP contribution is 2.40. The quantitative estimate of drug-likeness (QED) is 0.185. The maximum absolute atomic E-state index is 12.5. The summed E-state index contributed by atoms with van der Waals surface area (Å²) in [6, 6.07) is 22.3. The van der Waals surface area contributed by atoms with Gasteiger partial charge in [0.05, 0.1) is 23.4 Å². The summed E-state index contributed by atoms with van der Waals surface area (Å²) in [6.45, 7) is 0. The van der Waals surface area contributed by atoms with Crippen LogP contribution in [-0.4, -0.2) is 13.1 Å². The van der Waals surface area contributed by atoms with Crippen molar-refractivity contribution in [2.45, 2.75) is 0 Å². The predicted molar refractivity (Wildman–Crippen MR) is 118 cm³/mol. The number of fused-ring (bicyclic) bond motifs is 4. The Labute approximate surface area is 171 Å². The fourth-order valence-corrected chi connectivity index (χ4v) is 4.01. The van der Waals surface area contributed by atoms with Crippen molar-refractivity contribution in [3.63, 3.8) is 0 Å². The van der Waals surface area contributed by atoms with Crippen molar-refractivity contribution in [2.75, 3.05) is 12.8 Å². The van der Waals surface area contributed by atoms with Crippen LogP contribution in [0.5, 0.6) is 0 Å². The Balaban J connectivity index is 2.05. The first-order valence-corrected chi connectivity index (χ1v) is 9.48. The molecule has 1 heterocycles. The fourth-order valence-electron chi connectivity index (χ4n) is 4.01. The number of ether oxygens (including phenoxy) is 1. The van der Waals surface area contributed by atoms with Crippen LogP contribution in [0.2, 0.25) is 0 Å². The maximum Gasteiger partial charge on any atom is 0.338 e. The number of nitrogens with one attached hydrogen (secondary N) is 1. The van der Waals surface area contributed by atoms with E-state index in [0.29, 0.717) is 27.8 Å². The molecule has 1 aromatic heterocycles. The van der Waals surface area contributed by atoms with Gasteiger partial charge in [-0.25, -0.2) is 4.79 Å². The molecule has 5 aromatic rings. The van der Waals surface area contributed by atoms with Gasteiger partial charge in [-0.2, -0.15) is 0 Å². The van der Waals surface area contributed by atoms with Crippen LogP contribution in [0.4, 0.5) is 5.69 Å². The molecule has 0 unspecified atom stereocenters. The number of esters is 1. The van der Waals surface area contributed by atoms with E-state index in [1.54, 1.807) is 18.2 Å². The SMILES string of the molecule is COC(=O)c1ccccc1-c1c2ccc(N)cc2oc2c1ccc1cccc(=N)c12. The number of carbonyl (C=O) groups is 1. The summed E-state index contributed by atoms with van der Waals surface area (Å²) in [6.07, 6.45) is 0. The zero-order valence-corrected chi connectivity index (χ0v) is 16.2. The van der Waals surface area contributed by atoms with Gasteiger partial charge in [0.2, 0.25) is 0 Å². The Morgan fingerprint density at radius 2 is 1.77 bits per heavy atom. The van der Waals surface area contributed by atoms with Crippen LogP contribution in [-0.2, 0) is 4.74 Å². The van der Waals surface area contributed by atoms with E-state index in [1.165, 1.54) is 7.11 Å². The first kappa shape index (κ1) is 17.9. The lowest BCUT2D eigenvalue weighted by molar-refractivity contribution is 0.0601. The Kier molecular flexibility index (Phi) is 4.03. The summed E-state index contributed by atoms with van der Waals surface area (Å²) >= 11 is 0. The van der Waals surface area contributed by atoms with E-state index in [0.717, 1.165) is 32.7 Å².